The van der Waals surface area contributed by atoms with E-state index in [1.807, 2.05) is 4.98 Å². The van der Waals surface area contributed by atoms with Crippen LogP contribution in [0.15, 0.2) is 34.2 Å². The van der Waals surface area contributed by atoms with Crippen LogP contribution in [0.25, 0.3) is 0 Å². The van der Waals surface area contributed by atoms with Gasteiger partial charge < -0.3 is 38.9 Å². The molecule has 2 rings (SSSR count). The van der Waals surface area contributed by atoms with E-state index in [0.29, 0.717) is 16.9 Å². The molecule has 1 aromatic rings. The number of ether oxygens (including phenoxy) is 2. The summed E-state index contributed by atoms with van der Waals surface area (Å²) < 4.78 is 62.4. The van der Waals surface area contributed by atoms with Gasteiger partial charge >= 0.3 is 35.1 Å². The number of carbonyl (C=O) groups excluding carboxylic acids is 1. The molecule has 6 N–H and O–H groups in total. The van der Waals surface area contributed by atoms with Crippen molar-refractivity contribution in [2.45, 2.75) is 24.5 Å². The molecule has 0 amide bonds. The minimum Gasteiger partial charge on any atom is -0.466 e. The Bertz CT molecular complexity index is 1200. The van der Waals surface area contributed by atoms with Crippen molar-refractivity contribution < 1.29 is 70.5 Å². The number of nitrogens with zero attached hydrogens (tertiary/aromatic N) is 1. The molecule has 1 aliphatic heterocycles. The number of nitrogens with one attached hydrogen (secondary N) is 1. The Labute approximate surface area is 193 Å². The highest BCUT2D eigenvalue weighted by Gasteiger charge is 2.48. The number of esters is 1. The molecule has 198 valence electrons. The van der Waals surface area contributed by atoms with Gasteiger partial charge in [0, 0.05) is 12.3 Å². The number of phosphoric acid groups is 3. The Morgan fingerprint density at radius 2 is 1.83 bits per heavy atom. The average molecular weight is 568 g/mol. The van der Waals surface area contributed by atoms with Crippen molar-refractivity contribution in [2.75, 3.05) is 13.7 Å². The zero-order valence-electron chi connectivity index (χ0n) is 17.2. The van der Waals surface area contributed by atoms with Crippen molar-refractivity contribution >= 4 is 29.4 Å². The number of hydrogen-bond donors (Lipinski definition) is 6. The number of carbonyl (C=O) groups is 1. The molecule has 1 aromatic heterocycles. The summed E-state index contributed by atoms with van der Waals surface area (Å²) in [4.78, 5) is 62.9. The van der Waals surface area contributed by atoms with E-state index in [1.54, 1.807) is 0 Å². The molecule has 0 aromatic carbocycles. The number of rotatable bonds is 11. The molecule has 22 heteroatoms. The second-order valence-corrected chi connectivity index (χ2v) is 10.9. The van der Waals surface area contributed by atoms with Gasteiger partial charge in [-0.1, -0.05) is 0 Å². The predicted octanol–water partition coefficient (Wildman–Crippen LogP) is -1.79. The molecule has 0 aliphatic carbocycles. The van der Waals surface area contributed by atoms with Crippen LogP contribution in [0.3, 0.4) is 0 Å². The molecule has 0 bridgehead atoms. The van der Waals surface area contributed by atoms with Gasteiger partial charge in [-0.25, -0.2) is 23.3 Å². The van der Waals surface area contributed by atoms with E-state index in [4.69, 9.17) is 19.0 Å². The molecule has 0 spiro atoms. The molecule has 1 aliphatic rings. The van der Waals surface area contributed by atoms with E-state index >= 15 is 0 Å². The highest BCUT2D eigenvalue weighted by Crippen LogP contribution is 2.68. The largest absolute Gasteiger partial charge is 0.538 e. The third-order valence-electron chi connectivity index (χ3n) is 3.87. The van der Waals surface area contributed by atoms with Crippen molar-refractivity contribution in [1.82, 2.24) is 9.55 Å². The first-order valence-corrected chi connectivity index (χ1v) is 13.4. The van der Waals surface area contributed by atoms with Crippen LogP contribution in [0.2, 0.25) is 0 Å². The van der Waals surface area contributed by atoms with Crippen molar-refractivity contribution in [3.63, 3.8) is 0 Å². The Hall–Kier alpha value is -1.98. The summed E-state index contributed by atoms with van der Waals surface area (Å²) in [5.41, 5.74) is -1.78. The van der Waals surface area contributed by atoms with Crippen LogP contribution in [0.4, 0.5) is 0 Å². The lowest BCUT2D eigenvalue weighted by Gasteiger charge is -2.21. The van der Waals surface area contributed by atoms with E-state index in [1.165, 1.54) is 0 Å². The normalized spacial score (nSPS) is 26.2. The lowest BCUT2D eigenvalue weighted by atomic mass is 10.1. The minimum atomic E-state index is -5.82. The van der Waals surface area contributed by atoms with E-state index in [0.717, 1.165) is 19.4 Å². The molecule has 0 radical (unpaired) electrons. The maximum Gasteiger partial charge on any atom is 0.538 e. The second kappa shape index (κ2) is 11.4. The second-order valence-electron chi connectivity index (χ2n) is 6.36. The maximum atomic E-state index is 12.7. The third kappa shape index (κ3) is 8.57. The van der Waals surface area contributed by atoms with Gasteiger partial charge in [-0.15, -0.1) is 0 Å². The summed E-state index contributed by atoms with van der Waals surface area (Å²) in [6, 6.07) is 0.914. The van der Waals surface area contributed by atoms with Crippen LogP contribution in [-0.4, -0.2) is 72.4 Å². The molecule has 19 nitrogen and oxygen atoms in total. The van der Waals surface area contributed by atoms with Gasteiger partial charge in [0.2, 0.25) is 0 Å². The monoisotopic (exact) mass is 568 g/mol. The smallest absolute Gasteiger partial charge is 0.466 e. The number of phosphoric ester groups is 1. The summed E-state index contributed by atoms with van der Waals surface area (Å²) in [6.45, 7) is -1.05. The summed E-state index contributed by atoms with van der Waals surface area (Å²) in [5.74, 6) is -1.05. The van der Waals surface area contributed by atoms with Crippen LogP contribution in [0, 0.1) is 0 Å². The first-order valence-electron chi connectivity index (χ1n) is 8.87. The number of aromatic nitrogens is 2. The fourth-order valence-electron chi connectivity index (χ4n) is 2.47. The quantitative estimate of drug-likeness (QED) is 0.0744. The van der Waals surface area contributed by atoms with Crippen LogP contribution >= 0.6 is 23.5 Å². The molecule has 6 atom stereocenters. The van der Waals surface area contributed by atoms with Gasteiger partial charge in [0.25, 0.3) is 5.56 Å². The molecule has 1 fully saturated rings. The number of H-pyrrole nitrogens is 1. The molecule has 0 saturated carbocycles. The van der Waals surface area contributed by atoms with Gasteiger partial charge in [-0.05, 0) is 0 Å². The lowest BCUT2D eigenvalue weighted by molar-refractivity contribution is -0.134. The van der Waals surface area contributed by atoms with E-state index < -0.39 is 71.8 Å². The molecule has 2 unspecified atom stereocenters. The molecule has 35 heavy (non-hydrogen) atoms. The van der Waals surface area contributed by atoms with Crippen molar-refractivity contribution in [1.29, 1.82) is 0 Å². The standard InChI is InChI=1S/C13H19N2O17P3/c1-27-9(17)3-5-28-35(26,32-34(24,25)31-33(21,22)23)29-6-7-10(18)11(19)12(30-7)15-4-2-8(16)14-13(15)20/h2-5,7,10-12,18-19H,6H2,1H3,(H,24,25)(H,14,16,20)(H2,21,22,23)/t7-,10-,11-,12-,35?/m1/s1. The van der Waals surface area contributed by atoms with E-state index in [9.17, 15) is 43.2 Å². The number of methoxy groups -OCH3 is 1. The van der Waals surface area contributed by atoms with Crippen molar-refractivity contribution in [2.24, 2.45) is 0 Å². The first-order chi connectivity index (χ1) is 16.1. The fraction of sp³-hybridized carbons (Fsp3) is 0.462. The molecular weight excluding hydrogens is 549 g/mol. The zero-order valence-corrected chi connectivity index (χ0v) is 19.9. The van der Waals surface area contributed by atoms with Gasteiger partial charge in [0.1, 0.15) is 24.6 Å². The Morgan fingerprint density at radius 1 is 1.17 bits per heavy atom. The topological polar surface area (TPSA) is 280 Å². The molecule has 1 saturated heterocycles. The van der Waals surface area contributed by atoms with Crippen LogP contribution < -0.4 is 11.2 Å². The first kappa shape index (κ1) is 29.3. The third-order valence-corrected chi connectivity index (χ3v) is 8.01. The lowest BCUT2D eigenvalue weighted by Crippen LogP contribution is -2.37. The number of aliphatic hydroxyl groups excluding tert-OH is 2. The van der Waals surface area contributed by atoms with E-state index in [2.05, 4.69) is 17.9 Å². The van der Waals surface area contributed by atoms with Gasteiger partial charge in [0.05, 0.1) is 19.8 Å². The number of aromatic amines is 1. The van der Waals surface area contributed by atoms with Gasteiger partial charge in [0.15, 0.2) is 6.23 Å². The SMILES string of the molecule is COC(=O)C=COP(=O)(OC[C@H]1O[C@@H](n2ccc(=O)[nH]c2=O)[C@H](O)[C@@H]1O)OP(=O)(O)OP(=O)(O)O. The number of aliphatic hydroxyl groups is 2. The highest BCUT2D eigenvalue weighted by molar-refractivity contribution is 7.66. The van der Waals surface area contributed by atoms with Gasteiger partial charge in [-0.3, -0.25) is 18.9 Å². The minimum absolute atomic E-state index is 0.327. The fourth-order valence-corrected chi connectivity index (χ4v) is 5.88. The predicted molar refractivity (Wildman–Crippen MR) is 107 cm³/mol. The summed E-state index contributed by atoms with van der Waals surface area (Å²) >= 11 is 0. The highest BCUT2D eigenvalue weighted by atomic mass is 31.3. The maximum absolute atomic E-state index is 12.7. The van der Waals surface area contributed by atoms with Crippen LogP contribution in [-0.2, 0) is 45.6 Å². The molecular formula is C13H19N2O17P3. The summed E-state index contributed by atoms with van der Waals surface area (Å²) in [7, 11) is -15.9. The van der Waals surface area contributed by atoms with Crippen LogP contribution in [0.1, 0.15) is 6.23 Å². The van der Waals surface area contributed by atoms with Gasteiger partial charge in [-0.2, -0.15) is 8.62 Å². The Balaban J connectivity index is 2.21. The number of hydrogen-bond acceptors (Lipinski definition) is 14. The Morgan fingerprint density at radius 3 is 2.40 bits per heavy atom. The van der Waals surface area contributed by atoms with Crippen molar-refractivity contribution in [3.05, 3.63) is 45.4 Å². The van der Waals surface area contributed by atoms with Crippen molar-refractivity contribution in [3.8, 4) is 0 Å². The summed E-state index contributed by atoms with van der Waals surface area (Å²) in [6.07, 6.45) is -5.03. The summed E-state index contributed by atoms with van der Waals surface area (Å²) in [5, 5.41) is 20.4. The average Bonchev–Trinajstić information content (AvgIpc) is 2.98. The Kier molecular flexibility index (Phi) is 9.52. The van der Waals surface area contributed by atoms with E-state index in [-0.39, 0.29) is 0 Å². The zero-order chi connectivity index (χ0) is 26.6. The van der Waals surface area contributed by atoms with Crippen LogP contribution in [0.5, 0.6) is 0 Å². The molecule has 2 heterocycles.